The zero-order valence-electron chi connectivity index (χ0n) is 19.1. The first-order chi connectivity index (χ1) is 15.6. The SMILES string of the molecule is COc1ccc(OC)c(NC(=O)N2CCN(c3cc(C)nc(N4CCCCC4)n3)CC2)c1. The number of carbonyl (C=O) groups is 1. The molecule has 0 atom stereocenters. The number of aromatic nitrogens is 2. The fraction of sp³-hybridized carbons (Fsp3) is 0.522. The van der Waals surface area contributed by atoms with Crippen LogP contribution in [0.2, 0.25) is 0 Å². The van der Waals surface area contributed by atoms with E-state index in [1.807, 2.05) is 17.9 Å². The third kappa shape index (κ3) is 4.98. The van der Waals surface area contributed by atoms with Crippen LogP contribution in [0.15, 0.2) is 24.3 Å². The Kier molecular flexibility index (Phi) is 6.82. The summed E-state index contributed by atoms with van der Waals surface area (Å²) < 4.78 is 10.6. The summed E-state index contributed by atoms with van der Waals surface area (Å²) in [5.74, 6) is 3.02. The van der Waals surface area contributed by atoms with Crippen molar-refractivity contribution >= 4 is 23.5 Å². The van der Waals surface area contributed by atoms with E-state index in [0.29, 0.717) is 30.3 Å². The number of benzene rings is 1. The Labute approximate surface area is 189 Å². The van der Waals surface area contributed by atoms with Crippen LogP contribution in [0.1, 0.15) is 25.0 Å². The molecule has 9 nitrogen and oxygen atoms in total. The number of aryl methyl sites for hydroxylation is 1. The highest BCUT2D eigenvalue weighted by atomic mass is 16.5. The van der Waals surface area contributed by atoms with Gasteiger partial charge in [0.1, 0.15) is 17.3 Å². The zero-order chi connectivity index (χ0) is 22.5. The van der Waals surface area contributed by atoms with Gasteiger partial charge < -0.3 is 29.5 Å². The Morgan fingerprint density at radius 2 is 1.66 bits per heavy atom. The molecule has 1 aromatic carbocycles. The fourth-order valence-electron chi connectivity index (χ4n) is 4.18. The number of piperidine rings is 1. The summed E-state index contributed by atoms with van der Waals surface area (Å²) in [6.07, 6.45) is 3.66. The zero-order valence-corrected chi connectivity index (χ0v) is 19.1. The van der Waals surface area contributed by atoms with Crippen LogP contribution in [0.5, 0.6) is 11.5 Å². The summed E-state index contributed by atoms with van der Waals surface area (Å²) in [5, 5.41) is 2.95. The van der Waals surface area contributed by atoms with Crippen molar-refractivity contribution in [3.8, 4) is 11.5 Å². The molecule has 2 aromatic rings. The first-order valence-electron chi connectivity index (χ1n) is 11.2. The Morgan fingerprint density at radius 3 is 2.34 bits per heavy atom. The molecule has 32 heavy (non-hydrogen) atoms. The minimum atomic E-state index is -0.149. The van der Waals surface area contributed by atoms with Gasteiger partial charge in [-0.25, -0.2) is 9.78 Å². The summed E-state index contributed by atoms with van der Waals surface area (Å²) in [6, 6.07) is 7.23. The van der Waals surface area contributed by atoms with E-state index in [1.54, 1.807) is 32.4 Å². The molecule has 0 bridgehead atoms. The molecule has 1 N–H and O–H groups in total. The van der Waals surface area contributed by atoms with Gasteiger partial charge in [0.25, 0.3) is 0 Å². The van der Waals surface area contributed by atoms with Crippen molar-refractivity contribution in [1.29, 1.82) is 0 Å². The molecule has 3 heterocycles. The second-order valence-corrected chi connectivity index (χ2v) is 8.19. The fourth-order valence-corrected chi connectivity index (χ4v) is 4.18. The highest BCUT2D eigenvalue weighted by Gasteiger charge is 2.24. The average molecular weight is 441 g/mol. The van der Waals surface area contributed by atoms with Crippen LogP contribution >= 0.6 is 0 Å². The van der Waals surface area contributed by atoms with E-state index in [-0.39, 0.29) is 6.03 Å². The number of methoxy groups -OCH3 is 2. The lowest BCUT2D eigenvalue weighted by Crippen LogP contribution is -2.50. The van der Waals surface area contributed by atoms with Gasteiger partial charge in [0.15, 0.2) is 0 Å². The van der Waals surface area contributed by atoms with Gasteiger partial charge in [-0.1, -0.05) is 0 Å². The van der Waals surface area contributed by atoms with Crippen molar-refractivity contribution in [3.63, 3.8) is 0 Å². The lowest BCUT2D eigenvalue weighted by Gasteiger charge is -2.36. The second kappa shape index (κ2) is 9.93. The van der Waals surface area contributed by atoms with Crippen molar-refractivity contribution in [1.82, 2.24) is 14.9 Å². The largest absolute Gasteiger partial charge is 0.497 e. The van der Waals surface area contributed by atoms with Crippen LogP contribution in [0.4, 0.5) is 22.2 Å². The van der Waals surface area contributed by atoms with Gasteiger partial charge in [0.05, 0.1) is 19.9 Å². The van der Waals surface area contributed by atoms with E-state index in [1.165, 1.54) is 19.3 Å². The minimum Gasteiger partial charge on any atom is -0.497 e. The summed E-state index contributed by atoms with van der Waals surface area (Å²) in [5.41, 5.74) is 1.57. The molecule has 0 saturated carbocycles. The topological polar surface area (TPSA) is 83.1 Å². The quantitative estimate of drug-likeness (QED) is 0.765. The molecule has 172 valence electrons. The van der Waals surface area contributed by atoms with Gasteiger partial charge in [-0.2, -0.15) is 4.98 Å². The van der Waals surface area contributed by atoms with Gasteiger partial charge in [-0.15, -0.1) is 0 Å². The molecule has 9 heteroatoms. The van der Waals surface area contributed by atoms with Crippen LogP contribution in [0.3, 0.4) is 0 Å². The van der Waals surface area contributed by atoms with Crippen LogP contribution in [0, 0.1) is 6.92 Å². The van der Waals surface area contributed by atoms with Crippen LogP contribution in [-0.2, 0) is 0 Å². The van der Waals surface area contributed by atoms with Crippen LogP contribution in [0.25, 0.3) is 0 Å². The highest BCUT2D eigenvalue weighted by molar-refractivity contribution is 5.91. The average Bonchev–Trinajstić information content (AvgIpc) is 2.84. The maximum absolute atomic E-state index is 12.9. The number of amides is 2. The van der Waals surface area contributed by atoms with Crippen molar-refractivity contribution in [2.24, 2.45) is 0 Å². The number of carbonyl (C=O) groups excluding carboxylic acids is 1. The Morgan fingerprint density at radius 1 is 0.906 bits per heavy atom. The molecule has 2 fully saturated rings. The predicted octanol–water partition coefficient (Wildman–Crippen LogP) is 3.15. The number of hydrogen-bond donors (Lipinski definition) is 1. The molecule has 0 unspecified atom stereocenters. The van der Waals surface area contributed by atoms with Crippen LogP contribution < -0.4 is 24.6 Å². The molecular formula is C23H32N6O3. The maximum Gasteiger partial charge on any atom is 0.322 e. The first-order valence-corrected chi connectivity index (χ1v) is 11.2. The van der Waals surface area contributed by atoms with E-state index in [4.69, 9.17) is 14.5 Å². The van der Waals surface area contributed by atoms with Crippen molar-refractivity contribution < 1.29 is 14.3 Å². The Bertz CT molecular complexity index is 939. The Hall–Kier alpha value is -3.23. The number of ether oxygens (including phenoxy) is 2. The molecule has 0 aliphatic carbocycles. The van der Waals surface area contributed by atoms with Crippen LogP contribution in [-0.4, -0.2) is 74.4 Å². The summed E-state index contributed by atoms with van der Waals surface area (Å²) in [6.45, 7) is 6.72. The van der Waals surface area contributed by atoms with E-state index >= 15 is 0 Å². The van der Waals surface area contributed by atoms with Gasteiger partial charge in [0, 0.05) is 57.1 Å². The third-order valence-electron chi connectivity index (χ3n) is 6.01. The van der Waals surface area contributed by atoms with E-state index in [9.17, 15) is 4.79 Å². The van der Waals surface area contributed by atoms with E-state index in [0.717, 1.165) is 43.6 Å². The first kappa shape index (κ1) is 22.0. The predicted molar refractivity (Wildman–Crippen MR) is 125 cm³/mol. The van der Waals surface area contributed by atoms with Gasteiger partial charge >= 0.3 is 6.03 Å². The molecule has 4 rings (SSSR count). The number of rotatable bonds is 5. The van der Waals surface area contributed by atoms with Gasteiger partial charge in [-0.3, -0.25) is 0 Å². The number of urea groups is 1. The van der Waals surface area contributed by atoms with Crippen molar-refractivity contribution in [2.75, 3.05) is 68.6 Å². The molecule has 2 amide bonds. The van der Waals surface area contributed by atoms with E-state index in [2.05, 4.69) is 20.1 Å². The highest BCUT2D eigenvalue weighted by Crippen LogP contribution is 2.29. The number of nitrogens with zero attached hydrogens (tertiary/aromatic N) is 5. The van der Waals surface area contributed by atoms with Gasteiger partial charge in [0.2, 0.25) is 5.95 Å². The van der Waals surface area contributed by atoms with Gasteiger partial charge in [-0.05, 0) is 38.3 Å². The lowest BCUT2D eigenvalue weighted by molar-refractivity contribution is 0.208. The summed E-state index contributed by atoms with van der Waals surface area (Å²) in [4.78, 5) is 28.7. The Balaban J connectivity index is 1.39. The monoisotopic (exact) mass is 440 g/mol. The number of piperazine rings is 1. The van der Waals surface area contributed by atoms with Crippen molar-refractivity contribution in [3.05, 3.63) is 30.0 Å². The molecule has 2 aliphatic rings. The molecule has 1 aromatic heterocycles. The molecule has 2 saturated heterocycles. The molecule has 0 radical (unpaired) electrons. The maximum atomic E-state index is 12.9. The molecule has 0 spiro atoms. The lowest BCUT2D eigenvalue weighted by atomic mass is 10.1. The standard InChI is InChI=1S/C23H32N6O3/c1-17-15-21(26-22(24-17)28-9-5-4-6-10-28)27-11-13-29(14-12-27)23(30)25-19-16-18(31-2)7-8-20(19)32-3/h7-8,15-16H,4-6,9-14H2,1-3H3,(H,25,30). The number of anilines is 3. The second-order valence-electron chi connectivity index (χ2n) is 8.19. The third-order valence-corrected chi connectivity index (χ3v) is 6.01. The minimum absolute atomic E-state index is 0.149. The smallest absolute Gasteiger partial charge is 0.322 e. The number of nitrogens with one attached hydrogen (secondary N) is 1. The molecule has 2 aliphatic heterocycles. The summed E-state index contributed by atoms with van der Waals surface area (Å²) >= 11 is 0. The van der Waals surface area contributed by atoms with E-state index < -0.39 is 0 Å². The number of hydrogen-bond acceptors (Lipinski definition) is 7. The normalized spacial score (nSPS) is 16.7. The summed E-state index contributed by atoms with van der Waals surface area (Å²) in [7, 11) is 3.18. The molecular weight excluding hydrogens is 408 g/mol. The van der Waals surface area contributed by atoms with Crippen molar-refractivity contribution in [2.45, 2.75) is 26.2 Å².